The van der Waals surface area contributed by atoms with Gasteiger partial charge >= 0.3 is 0 Å². The number of rotatable bonds is 5. The average Bonchev–Trinajstić information content (AvgIpc) is 2.99. The normalized spacial score (nSPS) is 29.4. The second-order valence-corrected chi connectivity index (χ2v) is 4.71. The molecule has 0 aromatic rings. The van der Waals surface area contributed by atoms with Crippen LogP contribution in [0.4, 0.5) is 0 Å². The van der Waals surface area contributed by atoms with Gasteiger partial charge in [-0.1, -0.05) is 0 Å². The van der Waals surface area contributed by atoms with Gasteiger partial charge in [-0.3, -0.25) is 4.90 Å². The van der Waals surface area contributed by atoms with Crippen LogP contribution in [0.5, 0.6) is 0 Å². The van der Waals surface area contributed by atoms with E-state index >= 15 is 0 Å². The largest absolute Gasteiger partial charge is 0.395 e. The molecule has 1 aliphatic carbocycles. The molecule has 2 aliphatic rings. The van der Waals surface area contributed by atoms with Crippen molar-refractivity contribution >= 4 is 0 Å². The van der Waals surface area contributed by atoms with Crippen LogP contribution < -0.4 is 5.32 Å². The van der Waals surface area contributed by atoms with Crippen molar-refractivity contribution in [2.24, 2.45) is 5.92 Å². The first-order valence-corrected chi connectivity index (χ1v) is 5.95. The molecule has 1 saturated carbocycles. The van der Waals surface area contributed by atoms with E-state index in [0.717, 1.165) is 19.0 Å². The topological polar surface area (TPSA) is 35.5 Å². The first-order valence-electron chi connectivity index (χ1n) is 5.95. The van der Waals surface area contributed by atoms with Crippen LogP contribution in [0.25, 0.3) is 0 Å². The predicted molar refractivity (Wildman–Crippen MR) is 57.3 cm³/mol. The van der Waals surface area contributed by atoms with Gasteiger partial charge in [0.1, 0.15) is 0 Å². The van der Waals surface area contributed by atoms with Crippen molar-refractivity contribution in [3.05, 3.63) is 0 Å². The van der Waals surface area contributed by atoms with Gasteiger partial charge in [0.2, 0.25) is 0 Å². The molecular weight excluding hydrogens is 176 g/mol. The van der Waals surface area contributed by atoms with Crippen molar-refractivity contribution in [1.82, 2.24) is 10.2 Å². The third-order valence-electron chi connectivity index (χ3n) is 3.31. The lowest BCUT2D eigenvalue weighted by atomic mass is 10.1. The zero-order chi connectivity index (χ0) is 9.80. The summed E-state index contributed by atoms with van der Waals surface area (Å²) in [5.41, 5.74) is 0. The van der Waals surface area contributed by atoms with Crippen LogP contribution in [-0.2, 0) is 0 Å². The second-order valence-electron chi connectivity index (χ2n) is 4.71. The van der Waals surface area contributed by atoms with Gasteiger partial charge in [0.25, 0.3) is 0 Å². The summed E-state index contributed by atoms with van der Waals surface area (Å²) >= 11 is 0. The van der Waals surface area contributed by atoms with E-state index in [2.05, 4.69) is 10.2 Å². The van der Waals surface area contributed by atoms with Crippen LogP contribution in [0.1, 0.15) is 25.7 Å². The van der Waals surface area contributed by atoms with E-state index < -0.39 is 0 Å². The lowest BCUT2D eigenvalue weighted by Crippen LogP contribution is -2.46. The van der Waals surface area contributed by atoms with Gasteiger partial charge in [-0.25, -0.2) is 0 Å². The Bertz CT molecular complexity index is 169. The molecule has 0 bridgehead atoms. The Morgan fingerprint density at radius 3 is 2.86 bits per heavy atom. The average molecular weight is 198 g/mol. The number of likely N-dealkylation sites (tertiary alicyclic amines) is 1. The molecule has 82 valence electrons. The molecular formula is C11H22N2O. The summed E-state index contributed by atoms with van der Waals surface area (Å²) in [6, 6.07) is 0.677. The van der Waals surface area contributed by atoms with Gasteiger partial charge < -0.3 is 10.4 Å². The molecule has 0 spiro atoms. The molecule has 0 radical (unpaired) electrons. The van der Waals surface area contributed by atoms with Gasteiger partial charge in [0.15, 0.2) is 0 Å². The fourth-order valence-corrected chi connectivity index (χ4v) is 2.22. The summed E-state index contributed by atoms with van der Waals surface area (Å²) in [7, 11) is 0. The lowest BCUT2D eigenvalue weighted by Gasteiger charge is -2.32. The van der Waals surface area contributed by atoms with Crippen LogP contribution >= 0.6 is 0 Å². The maximum absolute atomic E-state index is 8.87. The quantitative estimate of drug-likeness (QED) is 0.673. The number of aliphatic hydroxyl groups is 1. The Morgan fingerprint density at radius 1 is 1.29 bits per heavy atom. The monoisotopic (exact) mass is 198 g/mol. The van der Waals surface area contributed by atoms with E-state index in [1.54, 1.807) is 0 Å². The Balaban J connectivity index is 1.64. The molecule has 14 heavy (non-hydrogen) atoms. The number of nitrogens with zero attached hydrogens (tertiary/aromatic N) is 1. The van der Waals surface area contributed by atoms with Crippen molar-refractivity contribution in [1.29, 1.82) is 0 Å². The highest BCUT2D eigenvalue weighted by molar-refractivity contribution is 4.82. The maximum atomic E-state index is 8.87. The summed E-state index contributed by atoms with van der Waals surface area (Å²) in [6.45, 7) is 4.67. The summed E-state index contributed by atoms with van der Waals surface area (Å²) in [5.74, 6) is 0.975. The summed E-state index contributed by atoms with van der Waals surface area (Å²) in [4.78, 5) is 2.37. The highest BCUT2D eigenvalue weighted by Gasteiger charge is 2.24. The number of hydrogen-bond acceptors (Lipinski definition) is 3. The van der Waals surface area contributed by atoms with E-state index in [-0.39, 0.29) is 0 Å². The summed E-state index contributed by atoms with van der Waals surface area (Å²) in [6.07, 6.45) is 5.46. The maximum Gasteiger partial charge on any atom is 0.0558 e. The minimum absolute atomic E-state index is 0.301. The Kier molecular flexibility index (Phi) is 3.79. The van der Waals surface area contributed by atoms with Crippen LogP contribution in [-0.4, -0.2) is 48.8 Å². The van der Waals surface area contributed by atoms with Crippen LogP contribution in [0.3, 0.4) is 0 Å². The molecule has 0 aromatic carbocycles. The highest BCUT2D eigenvalue weighted by atomic mass is 16.3. The fraction of sp³-hybridized carbons (Fsp3) is 1.00. The number of hydrogen-bond donors (Lipinski definition) is 2. The predicted octanol–water partition coefficient (Wildman–Crippen LogP) is 0.443. The molecule has 2 N–H and O–H groups in total. The Morgan fingerprint density at radius 2 is 2.14 bits per heavy atom. The van der Waals surface area contributed by atoms with Gasteiger partial charge in [0, 0.05) is 19.1 Å². The minimum Gasteiger partial charge on any atom is -0.395 e. The molecule has 2 fully saturated rings. The second kappa shape index (κ2) is 5.10. The smallest absolute Gasteiger partial charge is 0.0558 e. The van der Waals surface area contributed by atoms with E-state index in [9.17, 15) is 0 Å². The summed E-state index contributed by atoms with van der Waals surface area (Å²) < 4.78 is 0. The molecule has 1 heterocycles. The number of nitrogens with one attached hydrogen (secondary N) is 1. The number of piperidine rings is 1. The van der Waals surface area contributed by atoms with E-state index in [0.29, 0.717) is 12.6 Å². The fourth-order valence-electron chi connectivity index (χ4n) is 2.22. The van der Waals surface area contributed by atoms with E-state index in [1.165, 1.54) is 38.8 Å². The van der Waals surface area contributed by atoms with Crippen molar-refractivity contribution in [2.75, 3.05) is 32.8 Å². The molecule has 0 unspecified atom stereocenters. The van der Waals surface area contributed by atoms with E-state index in [1.807, 2.05) is 0 Å². The molecule has 0 amide bonds. The molecule has 2 rings (SSSR count). The summed E-state index contributed by atoms with van der Waals surface area (Å²) in [5, 5.41) is 12.5. The van der Waals surface area contributed by atoms with Gasteiger partial charge in [-0.2, -0.15) is 0 Å². The minimum atomic E-state index is 0.301. The third-order valence-corrected chi connectivity index (χ3v) is 3.31. The zero-order valence-corrected chi connectivity index (χ0v) is 8.91. The Hall–Kier alpha value is -0.120. The van der Waals surface area contributed by atoms with Crippen LogP contribution in [0, 0.1) is 5.92 Å². The standard InChI is InChI=1S/C11H22N2O/c14-7-6-13-5-1-2-11(9-13)12-8-10-3-4-10/h10-12,14H,1-9H2/t11-/m1/s1. The van der Waals surface area contributed by atoms with Crippen molar-refractivity contribution in [3.63, 3.8) is 0 Å². The van der Waals surface area contributed by atoms with Gasteiger partial charge in [0.05, 0.1) is 6.61 Å². The SMILES string of the molecule is OCCN1CCC[C@@H](NCC2CC2)C1. The van der Waals surface area contributed by atoms with Gasteiger partial charge in [-0.15, -0.1) is 0 Å². The van der Waals surface area contributed by atoms with Crippen molar-refractivity contribution in [2.45, 2.75) is 31.7 Å². The van der Waals surface area contributed by atoms with Crippen molar-refractivity contribution < 1.29 is 5.11 Å². The van der Waals surface area contributed by atoms with E-state index in [4.69, 9.17) is 5.11 Å². The number of β-amino-alcohol motifs (C(OH)–C–C–N with tert-alkyl or cyclic N) is 1. The highest BCUT2D eigenvalue weighted by Crippen LogP contribution is 2.28. The molecule has 1 aliphatic heterocycles. The Labute approximate surface area is 86.5 Å². The lowest BCUT2D eigenvalue weighted by molar-refractivity contribution is 0.151. The van der Waals surface area contributed by atoms with Crippen molar-refractivity contribution in [3.8, 4) is 0 Å². The first kappa shape index (κ1) is 10.4. The zero-order valence-electron chi connectivity index (χ0n) is 8.91. The molecule has 0 aromatic heterocycles. The van der Waals surface area contributed by atoms with Crippen LogP contribution in [0.2, 0.25) is 0 Å². The molecule has 1 saturated heterocycles. The molecule has 3 heteroatoms. The number of aliphatic hydroxyl groups excluding tert-OH is 1. The van der Waals surface area contributed by atoms with Gasteiger partial charge in [-0.05, 0) is 44.7 Å². The van der Waals surface area contributed by atoms with Crippen LogP contribution in [0.15, 0.2) is 0 Å². The first-order chi connectivity index (χ1) is 6.88. The molecule has 1 atom stereocenters. The third kappa shape index (κ3) is 3.23. The molecule has 3 nitrogen and oxygen atoms in total.